The molecule has 1 rings (SSSR count). The minimum atomic E-state index is -0.891. The number of amides is 1. The number of nitrogens with one attached hydrogen (secondary N) is 1. The van der Waals surface area contributed by atoms with Crippen LogP contribution in [0.4, 0.5) is 0 Å². The Balaban J connectivity index is 2.61. The molecule has 6 heteroatoms. The fourth-order valence-corrected chi connectivity index (χ4v) is 1.80. The molecule has 4 nitrogen and oxygen atoms in total. The Labute approximate surface area is 115 Å². The van der Waals surface area contributed by atoms with E-state index in [4.69, 9.17) is 28.3 Å². The van der Waals surface area contributed by atoms with Crippen LogP contribution in [0.15, 0.2) is 18.2 Å². The van der Waals surface area contributed by atoms with Crippen molar-refractivity contribution in [2.45, 2.75) is 13.3 Å². The Hall–Kier alpha value is -1.26. The van der Waals surface area contributed by atoms with E-state index in [1.807, 2.05) is 0 Å². The number of carbonyl (C=O) groups is 2. The molecule has 0 aliphatic carbocycles. The molecule has 0 spiro atoms. The highest BCUT2D eigenvalue weighted by atomic mass is 35.5. The molecule has 1 unspecified atom stereocenters. The minimum absolute atomic E-state index is 0.00353. The maximum absolute atomic E-state index is 11.8. The van der Waals surface area contributed by atoms with Gasteiger partial charge in [0.1, 0.15) is 0 Å². The third-order valence-corrected chi connectivity index (χ3v) is 3.15. The van der Waals surface area contributed by atoms with Crippen LogP contribution >= 0.6 is 23.2 Å². The van der Waals surface area contributed by atoms with E-state index in [0.29, 0.717) is 5.02 Å². The number of carboxylic acid groups (broad SMARTS) is 1. The van der Waals surface area contributed by atoms with Gasteiger partial charge in [-0.3, -0.25) is 9.59 Å². The molecule has 98 valence electrons. The standard InChI is InChI=1S/C12H13Cl2NO3/c1-7(5-10(16)17)6-15-12(18)8-3-2-4-9(13)11(8)14/h2-4,7H,5-6H2,1H3,(H,15,18)(H,16,17). The number of carbonyl (C=O) groups excluding carboxylic acids is 1. The molecule has 0 heterocycles. The summed E-state index contributed by atoms with van der Waals surface area (Å²) in [6, 6.07) is 4.78. The first-order valence-electron chi connectivity index (χ1n) is 5.35. The molecule has 0 bridgehead atoms. The first-order chi connectivity index (χ1) is 8.41. The SMILES string of the molecule is CC(CNC(=O)c1cccc(Cl)c1Cl)CC(=O)O. The van der Waals surface area contributed by atoms with Crippen LogP contribution < -0.4 is 5.32 Å². The first kappa shape index (κ1) is 14.8. The molecule has 0 fully saturated rings. The van der Waals surface area contributed by atoms with Crippen LogP contribution in [0.1, 0.15) is 23.7 Å². The van der Waals surface area contributed by atoms with Gasteiger partial charge in [0, 0.05) is 13.0 Å². The third-order valence-electron chi connectivity index (χ3n) is 2.33. The molecule has 0 saturated heterocycles. The van der Waals surface area contributed by atoms with Crippen LogP contribution in [0.2, 0.25) is 10.0 Å². The zero-order valence-corrected chi connectivity index (χ0v) is 11.3. The highest BCUT2D eigenvalue weighted by Gasteiger charge is 2.14. The van der Waals surface area contributed by atoms with E-state index in [2.05, 4.69) is 5.32 Å². The number of halogens is 2. The maximum Gasteiger partial charge on any atom is 0.303 e. The topological polar surface area (TPSA) is 66.4 Å². The molecule has 0 aromatic heterocycles. The summed E-state index contributed by atoms with van der Waals surface area (Å²) in [6.45, 7) is 2.02. The third kappa shape index (κ3) is 4.20. The lowest BCUT2D eigenvalue weighted by Gasteiger charge is -2.11. The first-order valence-corrected chi connectivity index (χ1v) is 6.11. The summed E-state index contributed by atoms with van der Waals surface area (Å²) >= 11 is 11.7. The van der Waals surface area contributed by atoms with Crippen molar-refractivity contribution in [2.24, 2.45) is 5.92 Å². The summed E-state index contributed by atoms with van der Waals surface area (Å²) in [5.41, 5.74) is 0.284. The Morgan fingerprint density at radius 3 is 2.67 bits per heavy atom. The van der Waals surface area contributed by atoms with Crippen LogP contribution in [0, 0.1) is 5.92 Å². The van der Waals surface area contributed by atoms with Crippen LogP contribution in [0.25, 0.3) is 0 Å². The quantitative estimate of drug-likeness (QED) is 0.876. The van der Waals surface area contributed by atoms with Crippen LogP contribution in [-0.4, -0.2) is 23.5 Å². The lowest BCUT2D eigenvalue weighted by atomic mass is 10.1. The second-order valence-corrected chi connectivity index (χ2v) is 4.80. The minimum Gasteiger partial charge on any atom is -0.481 e. The van der Waals surface area contributed by atoms with Crippen molar-refractivity contribution in [2.75, 3.05) is 6.54 Å². The maximum atomic E-state index is 11.8. The highest BCUT2D eigenvalue weighted by molar-refractivity contribution is 6.43. The average Bonchev–Trinajstić information content (AvgIpc) is 2.29. The normalized spacial score (nSPS) is 11.9. The summed E-state index contributed by atoms with van der Waals surface area (Å²) < 4.78 is 0. The van der Waals surface area contributed by atoms with Gasteiger partial charge in [-0.05, 0) is 18.1 Å². The van der Waals surface area contributed by atoms with Crippen molar-refractivity contribution in [1.29, 1.82) is 0 Å². The van der Waals surface area contributed by atoms with Gasteiger partial charge in [-0.1, -0.05) is 36.2 Å². The number of hydrogen-bond donors (Lipinski definition) is 2. The second kappa shape index (κ2) is 6.61. The molecule has 0 saturated carbocycles. The van der Waals surface area contributed by atoms with Gasteiger partial charge >= 0.3 is 5.97 Å². The van der Waals surface area contributed by atoms with E-state index in [-0.39, 0.29) is 35.4 Å². The number of hydrogen-bond acceptors (Lipinski definition) is 2. The summed E-state index contributed by atoms with van der Waals surface area (Å²) in [5, 5.41) is 11.7. The van der Waals surface area contributed by atoms with Gasteiger partial charge in [-0.2, -0.15) is 0 Å². The smallest absolute Gasteiger partial charge is 0.303 e. The van der Waals surface area contributed by atoms with E-state index < -0.39 is 5.97 Å². The second-order valence-electron chi connectivity index (χ2n) is 4.01. The van der Waals surface area contributed by atoms with Crippen molar-refractivity contribution in [3.63, 3.8) is 0 Å². The molecular weight excluding hydrogens is 277 g/mol. The number of carboxylic acids is 1. The van der Waals surface area contributed by atoms with Crippen LogP contribution in [0.5, 0.6) is 0 Å². The van der Waals surface area contributed by atoms with Crippen molar-refractivity contribution in [3.05, 3.63) is 33.8 Å². The predicted octanol–water partition coefficient (Wildman–Crippen LogP) is 2.83. The Morgan fingerprint density at radius 1 is 1.39 bits per heavy atom. The Morgan fingerprint density at radius 2 is 2.06 bits per heavy atom. The van der Waals surface area contributed by atoms with Gasteiger partial charge in [0.25, 0.3) is 5.91 Å². The van der Waals surface area contributed by atoms with E-state index in [9.17, 15) is 9.59 Å². The van der Waals surface area contributed by atoms with E-state index >= 15 is 0 Å². The van der Waals surface area contributed by atoms with Gasteiger partial charge in [-0.25, -0.2) is 0 Å². The lowest BCUT2D eigenvalue weighted by molar-refractivity contribution is -0.137. The average molecular weight is 290 g/mol. The summed E-state index contributed by atoms with van der Waals surface area (Å²) in [6.07, 6.45) is 0.00353. The zero-order chi connectivity index (χ0) is 13.7. The summed E-state index contributed by atoms with van der Waals surface area (Å²) in [5.74, 6) is -1.40. The van der Waals surface area contributed by atoms with Crippen molar-refractivity contribution in [1.82, 2.24) is 5.32 Å². The lowest BCUT2D eigenvalue weighted by Crippen LogP contribution is -2.29. The number of aliphatic carboxylic acids is 1. The fourth-order valence-electron chi connectivity index (χ4n) is 1.41. The molecule has 1 amide bonds. The molecule has 2 N–H and O–H groups in total. The molecule has 1 aromatic carbocycles. The number of benzene rings is 1. The molecule has 0 radical (unpaired) electrons. The zero-order valence-electron chi connectivity index (χ0n) is 9.74. The van der Waals surface area contributed by atoms with Crippen molar-refractivity contribution < 1.29 is 14.7 Å². The van der Waals surface area contributed by atoms with Gasteiger partial charge in [0.2, 0.25) is 0 Å². The van der Waals surface area contributed by atoms with Crippen LogP contribution in [-0.2, 0) is 4.79 Å². The fraction of sp³-hybridized carbons (Fsp3) is 0.333. The highest BCUT2D eigenvalue weighted by Crippen LogP contribution is 2.25. The van der Waals surface area contributed by atoms with Gasteiger partial charge in [0.05, 0.1) is 15.6 Å². The van der Waals surface area contributed by atoms with E-state index in [1.54, 1.807) is 25.1 Å². The molecule has 18 heavy (non-hydrogen) atoms. The van der Waals surface area contributed by atoms with E-state index in [0.717, 1.165) is 0 Å². The number of rotatable bonds is 5. The van der Waals surface area contributed by atoms with E-state index in [1.165, 1.54) is 0 Å². The molecule has 0 aliphatic heterocycles. The Kier molecular flexibility index (Phi) is 5.44. The van der Waals surface area contributed by atoms with Gasteiger partial charge in [0.15, 0.2) is 0 Å². The van der Waals surface area contributed by atoms with Crippen molar-refractivity contribution in [3.8, 4) is 0 Å². The van der Waals surface area contributed by atoms with Gasteiger partial charge < -0.3 is 10.4 Å². The summed E-state index contributed by atoms with van der Waals surface area (Å²) in [4.78, 5) is 22.3. The van der Waals surface area contributed by atoms with Crippen molar-refractivity contribution >= 4 is 35.1 Å². The summed E-state index contributed by atoms with van der Waals surface area (Å²) in [7, 11) is 0. The Bertz CT molecular complexity index is 463. The molecular formula is C12H13Cl2NO3. The molecule has 1 atom stereocenters. The molecule has 0 aliphatic rings. The van der Waals surface area contributed by atoms with Crippen LogP contribution in [0.3, 0.4) is 0 Å². The molecule has 1 aromatic rings. The predicted molar refractivity (Wildman–Crippen MR) is 70.2 cm³/mol. The largest absolute Gasteiger partial charge is 0.481 e. The monoisotopic (exact) mass is 289 g/mol. The van der Waals surface area contributed by atoms with Gasteiger partial charge in [-0.15, -0.1) is 0 Å².